The number of anilines is 2. The summed E-state index contributed by atoms with van der Waals surface area (Å²) in [5.74, 6) is 2.72. The van der Waals surface area contributed by atoms with Gasteiger partial charge in [0.05, 0.1) is 0 Å². The number of aromatic nitrogens is 4. The molecule has 0 fully saturated rings. The summed E-state index contributed by atoms with van der Waals surface area (Å²) >= 11 is 0. The maximum atomic E-state index is 12.3. The van der Waals surface area contributed by atoms with Crippen molar-refractivity contribution >= 4 is 23.1 Å². The van der Waals surface area contributed by atoms with Gasteiger partial charge in [0.1, 0.15) is 5.82 Å². The quantitative estimate of drug-likeness (QED) is 0.670. The molecule has 9 nitrogen and oxygen atoms in total. The highest BCUT2D eigenvalue weighted by molar-refractivity contribution is 5.91. The van der Waals surface area contributed by atoms with Crippen molar-refractivity contribution < 1.29 is 14.3 Å². The topological polar surface area (TPSA) is 93.9 Å². The summed E-state index contributed by atoms with van der Waals surface area (Å²) in [6, 6.07) is 9.15. The molecule has 0 aliphatic carbocycles. The SMILES string of the molecule is CCN(CC)c1ccc2nnc(CCC(=O)Nc3ccc4c(c3)OCO4)n2n1. The number of hydrogen-bond donors (Lipinski definition) is 1. The van der Waals surface area contributed by atoms with Crippen molar-refractivity contribution in [2.75, 3.05) is 30.1 Å². The van der Waals surface area contributed by atoms with Crippen molar-refractivity contribution in [2.45, 2.75) is 26.7 Å². The summed E-state index contributed by atoms with van der Waals surface area (Å²) in [5.41, 5.74) is 1.34. The minimum Gasteiger partial charge on any atom is -0.454 e. The van der Waals surface area contributed by atoms with Gasteiger partial charge in [0.25, 0.3) is 0 Å². The molecule has 3 aromatic rings. The normalized spacial score (nSPS) is 12.4. The van der Waals surface area contributed by atoms with Crippen molar-refractivity contribution in [3.8, 4) is 11.5 Å². The smallest absolute Gasteiger partial charge is 0.231 e. The standard InChI is InChI=1S/C19H22N6O3/c1-3-24(4-2)18-8-7-16-21-22-17(25(16)23-18)9-10-19(26)20-13-5-6-14-15(11-13)28-12-27-14/h5-8,11H,3-4,9-10,12H2,1-2H3,(H,20,26). The van der Waals surface area contributed by atoms with Crippen LogP contribution in [0.1, 0.15) is 26.1 Å². The Hall–Kier alpha value is -3.36. The zero-order valence-electron chi connectivity index (χ0n) is 15.9. The monoisotopic (exact) mass is 382 g/mol. The van der Waals surface area contributed by atoms with Crippen LogP contribution in [0.5, 0.6) is 11.5 Å². The molecule has 2 aromatic heterocycles. The Morgan fingerprint density at radius 1 is 1.14 bits per heavy atom. The molecule has 0 bridgehead atoms. The van der Waals surface area contributed by atoms with Crippen LogP contribution in [0.3, 0.4) is 0 Å². The first kappa shape index (κ1) is 18.0. The number of hydrogen-bond acceptors (Lipinski definition) is 7. The third kappa shape index (κ3) is 3.55. The van der Waals surface area contributed by atoms with Gasteiger partial charge in [0.2, 0.25) is 12.7 Å². The molecular formula is C19H22N6O3. The molecule has 28 heavy (non-hydrogen) atoms. The van der Waals surface area contributed by atoms with E-state index in [4.69, 9.17) is 9.47 Å². The molecule has 1 amide bonds. The van der Waals surface area contributed by atoms with Crippen molar-refractivity contribution in [2.24, 2.45) is 0 Å². The van der Waals surface area contributed by atoms with Crippen LogP contribution in [0.15, 0.2) is 30.3 Å². The van der Waals surface area contributed by atoms with E-state index in [1.54, 1.807) is 22.7 Å². The average molecular weight is 382 g/mol. The summed E-state index contributed by atoms with van der Waals surface area (Å²) in [5, 5.41) is 15.8. The molecule has 1 aliphatic heterocycles. The van der Waals surface area contributed by atoms with Gasteiger partial charge in [-0.15, -0.1) is 15.3 Å². The minimum atomic E-state index is -0.115. The lowest BCUT2D eigenvalue weighted by atomic mass is 10.2. The van der Waals surface area contributed by atoms with Crippen LogP contribution < -0.4 is 19.7 Å². The van der Waals surface area contributed by atoms with E-state index in [1.807, 2.05) is 12.1 Å². The first-order chi connectivity index (χ1) is 13.7. The molecule has 0 saturated carbocycles. The summed E-state index contributed by atoms with van der Waals surface area (Å²) in [4.78, 5) is 14.5. The maximum Gasteiger partial charge on any atom is 0.231 e. The Kier molecular flexibility index (Phi) is 4.96. The lowest BCUT2D eigenvalue weighted by Gasteiger charge is -2.19. The fraction of sp³-hybridized carbons (Fsp3) is 0.368. The predicted molar refractivity (Wildman–Crippen MR) is 104 cm³/mol. The zero-order chi connectivity index (χ0) is 19.5. The third-order valence-corrected chi connectivity index (χ3v) is 4.63. The van der Waals surface area contributed by atoms with Crippen LogP contribution in [-0.4, -0.2) is 45.6 Å². The number of carbonyl (C=O) groups excluding carboxylic acids is 1. The number of nitrogens with zero attached hydrogens (tertiary/aromatic N) is 5. The van der Waals surface area contributed by atoms with Crippen molar-refractivity contribution in [3.63, 3.8) is 0 Å². The summed E-state index contributed by atoms with van der Waals surface area (Å²) < 4.78 is 12.3. The third-order valence-electron chi connectivity index (χ3n) is 4.63. The highest BCUT2D eigenvalue weighted by atomic mass is 16.7. The van der Waals surface area contributed by atoms with E-state index in [-0.39, 0.29) is 19.1 Å². The second-order valence-corrected chi connectivity index (χ2v) is 6.37. The molecule has 1 aromatic carbocycles. The predicted octanol–water partition coefficient (Wildman–Crippen LogP) is 2.27. The lowest BCUT2D eigenvalue weighted by Crippen LogP contribution is -2.23. The highest BCUT2D eigenvalue weighted by Gasteiger charge is 2.15. The molecule has 0 unspecified atom stereocenters. The van der Waals surface area contributed by atoms with E-state index in [0.717, 1.165) is 18.9 Å². The molecule has 0 radical (unpaired) electrons. The molecule has 0 spiro atoms. The van der Waals surface area contributed by atoms with Crippen LogP contribution in [0.4, 0.5) is 11.5 Å². The van der Waals surface area contributed by atoms with E-state index in [9.17, 15) is 4.79 Å². The number of fused-ring (bicyclic) bond motifs is 2. The van der Waals surface area contributed by atoms with Crippen LogP contribution >= 0.6 is 0 Å². The lowest BCUT2D eigenvalue weighted by molar-refractivity contribution is -0.116. The Bertz CT molecular complexity index is 998. The first-order valence-corrected chi connectivity index (χ1v) is 9.33. The first-order valence-electron chi connectivity index (χ1n) is 9.33. The molecule has 1 N–H and O–H groups in total. The van der Waals surface area contributed by atoms with Gasteiger partial charge in [-0.25, -0.2) is 0 Å². The van der Waals surface area contributed by atoms with E-state index in [2.05, 4.69) is 39.4 Å². The van der Waals surface area contributed by atoms with Gasteiger partial charge >= 0.3 is 0 Å². The van der Waals surface area contributed by atoms with Gasteiger partial charge in [0.15, 0.2) is 23.0 Å². The van der Waals surface area contributed by atoms with E-state index < -0.39 is 0 Å². The number of nitrogens with one attached hydrogen (secondary N) is 1. The molecule has 4 rings (SSSR count). The number of rotatable bonds is 7. The second kappa shape index (κ2) is 7.71. The summed E-state index contributed by atoms with van der Waals surface area (Å²) in [6.07, 6.45) is 0.707. The minimum absolute atomic E-state index is 0.115. The summed E-state index contributed by atoms with van der Waals surface area (Å²) in [6.45, 7) is 6.11. The molecule has 146 valence electrons. The fourth-order valence-corrected chi connectivity index (χ4v) is 3.12. The van der Waals surface area contributed by atoms with Crippen molar-refractivity contribution in [1.29, 1.82) is 0 Å². The van der Waals surface area contributed by atoms with Gasteiger partial charge in [-0.3, -0.25) is 4.79 Å². The summed E-state index contributed by atoms with van der Waals surface area (Å²) in [7, 11) is 0. The maximum absolute atomic E-state index is 12.3. The van der Waals surface area contributed by atoms with Gasteiger partial charge in [-0.05, 0) is 38.1 Å². The average Bonchev–Trinajstić information content (AvgIpc) is 3.33. The van der Waals surface area contributed by atoms with E-state index >= 15 is 0 Å². The molecule has 0 atom stereocenters. The highest BCUT2D eigenvalue weighted by Crippen LogP contribution is 2.34. The number of amides is 1. The number of benzene rings is 1. The Morgan fingerprint density at radius 2 is 1.96 bits per heavy atom. The van der Waals surface area contributed by atoms with Crippen molar-refractivity contribution in [1.82, 2.24) is 19.8 Å². The number of carbonyl (C=O) groups is 1. The van der Waals surface area contributed by atoms with Crippen LogP contribution in [0, 0.1) is 0 Å². The molecular weight excluding hydrogens is 360 g/mol. The van der Waals surface area contributed by atoms with Crippen LogP contribution in [0.2, 0.25) is 0 Å². The largest absolute Gasteiger partial charge is 0.454 e. The second-order valence-electron chi connectivity index (χ2n) is 6.37. The Labute approximate surface area is 162 Å². The number of aryl methyl sites for hydroxylation is 1. The van der Waals surface area contributed by atoms with Gasteiger partial charge in [0, 0.05) is 37.7 Å². The van der Waals surface area contributed by atoms with Crippen molar-refractivity contribution in [3.05, 3.63) is 36.2 Å². The molecule has 0 saturated heterocycles. The molecule has 1 aliphatic rings. The van der Waals surface area contributed by atoms with Gasteiger partial charge < -0.3 is 19.7 Å². The van der Waals surface area contributed by atoms with Crippen LogP contribution in [0.25, 0.3) is 5.65 Å². The van der Waals surface area contributed by atoms with Gasteiger partial charge in [-0.1, -0.05) is 0 Å². The number of ether oxygens (including phenoxy) is 2. The molecule has 3 heterocycles. The Balaban J connectivity index is 1.43. The van der Waals surface area contributed by atoms with Gasteiger partial charge in [-0.2, -0.15) is 4.52 Å². The fourth-order valence-electron chi connectivity index (χ4n) is 3.12. The van der Waals surface area contributed by atoms with E-state index in [1.165, 1.54) is 0 Å². The molecule has 9 heteroatoms. The Morgan fingerprint density at radius 3 is 2.79 bits per heavy atom. The zero-order valence-corrected chi connectivity index (χ0v) is 15.9. The van der Waals surface area contributed by atoms with Crippen LogP contribution in [-0.2, 0) is 11.2 Å². The van der Waals surface area contributed by atoms with E-state index in [0.29, 0.717) is 35.1 Å².